The monoisotopic (exact) mass is 624 g/mol. The Kier molecular flexibility index (Phi) is 9.66. The van der Waals surface area contributed by atoms with Gasteiger partial charge in [-0.25, -0.2) is 0 Å². The average Bonchev–Trinajstić information content (AvgIpc) is 3.55. The fourth-order valence-electron chi connectivity index (χ4n) is 5.94. The van der Waals surface area contributed by atoms with Gasteiger partial charge in [-0.3, -0.25) is 9.59 Å². The van der Waals surface area contributed by atoms with E-state index in [1.165, 1.54) is 5.56 Å². The topological polar surface area (TPSA) is 88.2 Å². The van der Waals surface area contributed by atoms with Crippen LogP contribution in [0.3, 0.4) is 0 Å². The molecule has 0 bridgehead atoms. The second-order valence-electron chi connectivity index (χ2n) is 11.4. The zero-order chi connectivity index (χ0) is 33.3. The van der Waals surface area contributed by atoms with Gasteiger partial charge in [-0.2, -0.15) is 10.5 Å². The van der Waals surface area contributed by atoms with Gasteiger partial charge in [-0.1, -0.05) is 97.1 Å². The highest BCUT2D eigenvalue weighted by atomic mass is 16.1. The lowest BCUT2D eigenvalue weighted by atomic mass is 9.96. The molecule has 0 fully saturated rings. The lowest BCUT2D eigenvalue weighted by molar-refractivity contribution is -0.113. The number of benzene rings is 5. The molecule has 0 amide bonds. The van der Waals surface area contributed by atoms with Crippen molar-refractivity contribution in [1.29, 1.82) is 10.5 Å². The van der Waals surface area contributed by atoms with Crippen LogP contribution in [0.5, 0.6) is 0 Å². The number of hydrogen-bond acceptors (Lipinski definition) is 6. The van der Waals surface area contributed by atoms with E-state index >= 15 is 0 Å². The second kappa shape index (κ2) is 14.7. The number of hydrogen-bond donors (Lipinski definition) is 0. The first-order valence-corrected chi connectivity index (χ1v) is 15.7. The maximum Gasteiger partial charge on any atom is 0.178 e. The van der Waals surface area contributed by atoms with Gasteiger partial charge in [-0.15, -0.1) is 0 Å². The smallest absolute Gasteiger partial charge is 0.178 e. The molecule has 1 heterocycles. The molecular weight excluding hydrogens is 592 g/mol. The summed E-state index contributed by atoms with van der Waals surface area (Å²) in [6, 6.07) is 47.1. The highest BCUT2D eigenvalue weighted by Crippen LogP contribution is 2.34. The summed E-state index contributed by atoms with van der Waals surface area (Å²) in [5, 5.41) is 18.8. The van der Waals surface area contributed by atoms with Crippen LogP contribution in [0.1, 0.15) is 29.5 Å². The zero-order valence-electron chi connectivity index (χ0n) is 26.3. The number of rotatable bonds is 11. The van der Waals surface area contributed by atoms with Gasteiger partial charge in [0.05, 0.1) is 25.0 Å². The Morgan fingerprint density at radius 3 is 1.96 bits per heavy atom. The standard InChI is InChI=1S/C42H32N4O2/c43-24-21-41(47)38(29-45-26-23-32-13-7-8-20-40(32)45)35-16-9-14-33(27-35)34-15-10-19-37(28-34)46(36-17-5-2-6-18-36)30-39(42(48)22-25-44)31-11-3-1-4-12-31/h1-20,27-30H,21-23,26H2/b38-29-,39-30+. The van der Waals surface area contributed by atoms with Crippen molar-refractivity contribution in [2.24, 2.45) is 0 Å². The van der Waals surface area contributed by atoms with E-state index in [0.717, 1.165) is 52.3 Å². The Morgan fingerprint density at radius 2 is 1.23 bits per heavy atom. The predicted octanol–water partition coefficient (Wildman–Crippen LogP) is 8.90. The van der Waals surface area contributed by atoms with Gasteiger partial charge >= 0.3 is 0 Å². The molecule has 0 atom stereocenters. The van der Waals surface area contributed by atoms with Crippen molar-refractivity contribution in [2.75, 3.05) is 16.3 Å². The molecule has 232 valence electrons. The number of carbonyl (C=O) groups excluding carboxylic acids is 2. The van der Waals surface area contributed by atoms with Crippen LogP contribution in [-0.2, 0) is 16.0 Å². The summed E-state index contributed by atoms with van der Waals surface area (Å²) in [7, 11) is 0. The van der Waals surface area contributed by atoms with E-state index in [1.807, 2.05) is 145 Å². The molecule has 1 aliphatic heterocycles. The fourth-order valence-corrected chi connectivity index (χ4v) is 5.94. The zero-order valence-corrected chi connectivity index (χ0v) is 26.3. The number of carbonyl (C=O) groups is 2. The maximum atomic E-state index is 13.3. The number of nitriles is 2. The van der Waals surface area contributed by atoms with Crippen molar-refractivity contribution in [1.82, 2.24) is 0 Å². The molecular formula is C42H32N4O2. The molecule has 6 nitrogen and oxygen atoms in total. The number of nitrogens with zero attached hydrogens (tertiary/aromatic N) is 4. The molecule has 0 saturated carbocycles. The summed E-state index contributed by atoms with van der Waals surface area (Å²) in [6.45, 7) is 0.759. The van der Waals surface area contributed by atoms with Crippen LogP contribution in [0.15, 0.2) is 146 Å². The molecule has 0 aromatic heterocycles. The molecule has 0 unspecified atom stereocenters. The van der Waals surface area contributed by atoms with Gasteiger partial charge in [0.15, 0.2) is 11.6 Å². The molecule has 1 aliphatic rings. The minimum absolute atomic E-state index is 0.215. The van der Waals surface area contributed by atoms with Gasteiger partial charge in [0, 0.05) is 47.2 Å². The molecule has 5 aromatic rings. The van der Waals surface area contributed by atoms with Gasteiger partial charge in [0.2, 0.25) is 0 Å². The molecule has 0 radical (unpaired) electrons. The molecule has 0 aliphatic carbocycles. The first kappa shape index (κ1) is 31.5. The number of fused-ring (bicyclic) bond motifs is 1. The lowest BCUT2D eigenvalue weighted by Crippen LogP contribution is -2.15. The van der Waals surface area contributed by atoms with Gasteiger partial charge in [0.25, 0.3) is 0 Å². The van der Waals surface area contributed by atoms with Gasteiger partial charge in [-0.05, 0) is 70.6 Å². The Bertz CT molecular complexity index is 2100. The predicted molar refractivity (Wildman–Crippen MR) is 191 cm³/mol. The number of Topliss-reactive ketones (excluding diaryl/α,β-unsaturated/α-hetero) is 2. The van der Waals surface area contributed by atoms with E-state index in [9.17, 15) is 20.1 Å². The third-order valence-corrected chi connectivity index (χ3v) is 8.30. The molecule has 0 N–H and O–H groups in total. The quantitative estimate of drug-likeness (QED) is 0.136. The number of para-hydroxylation sites is 2. The van der Waals surface area contributed by atoms with E-state index in [1.54, 1.807) is 6.20 Å². The van der Waals surface area contributed by atoms with E-state index in [-0.39, 0.29) is 24.4 Å². The number of allylic oxidation sites excluding steroid dienone is 2. The van der Waals surface area contributed by atoms with E-state index in [0.29, 0.717) is 11.1 Å². The molecule has 6 heteroatoms. The Balaban J connectivity index is 1.42. The summed E-state index contributed by atoms with van der Waals surface area (Å²) < 4.78 is 0. The highest BCUT2D eigenvalue weighted by Gasteiger charge is 2.21. The SMILES string of the molecule is N#CCC(=O)/C(=C\N1CCc2ccccc21)c1cccc(-c2cccc(N(/C=C(/C(=O)CC#N)c3ccccc3)c3ccccc3)c2)c1. The van der Waals surface area contributed by atoms with E-state index in [4.69, 9.17) is 0 Å². The van der Waals surface area contributed by atoms with E-state index in [2.05, 4.69) is 17.0 Å². The average molecular weight is 625 g/mol. The summed E-state index contributed by atoms with van der Waals surface area (Å²) in [5.41, 5.74) is 8.15. The molecule has 0 saturated heterocycles. The van der Waals surface area contributed by atoms with Crippen molar-refractivity contribution in [3.63, 3.8) is 0 Å². The van der Waals surface area contributed by atoms with Crippen LogP contribution in [0.2, 0.25) is 0 Å². The van der Waals surface area contributed by atoms with Crippen LogP contribution >= 0.6 is 0 Å². The summed E-state index contributed by atoms with van der Waals surface area (Å²) in [5.74, 6) is -0.501. The molecule has 48 heavy (non-hydrogen) atoms. The second-order valence-corrected chi connectivity index (χ2v) is 11.4. The van der Waals surface area contributed by atoms with Crippen LogP contribution in [0.25, 0.3) is 22.3 Å². The molecule has 5 aromatic carbocycles. The van der Waals surface area contributed by atoms with Crippen molar-refractivity contribution in [2.45, 2.75) is 19.3 Å². The number of anilines is 3. The van der Waals surface area contributed by atoms with Crippen LogP contribution in [0.4, 0.5) is 17.1 Å². The Morgan fingerprint density at radius 1 is 0.646 bits per heavy atom. The minimum Gasteiger partial charge on any atom is -0.347 e. The van der Waals surface area contributed by atoms with Gasteiger partial charge < -0.3 is 9.80 Å². The Labute approximate surface area is 280 Å². The van der Waals surface area contributed by atoms with Crippen molar-refractivity contribution < 1.29 is 9.59 Å². The Hall–Kier alpha value is -6.50. The van der Waals surface area contributed by atoms with Crippen LogP contribution in [-0.4, -0.2) is 18.1 Å². The maximum absolute atomic E-state index is 13.3. The van der Waals surface area contributed by atoms with Crippen molar-refractivity contribution in [3.8, 4) is 23.3 Å². The lowest BCUT2D eigenvalue weighted by Gasteiger charge is -2.23. The van der Waals surface area contributed by atoms with Crippen LogP contribution in [0, 0.1) is 22.7 Å². The summed E-state index contributed by atoms with van der Waals surface area (Å²) in [4.78, 5) is 30.6. The van der Waals surface area contributed by atoms with Gasteiger partial charge in [0.1, 0.15) is 0 Å². The molecule has 0 spiro atoms. The third kappa shape index (κ3) is 6.99. The number of ketones is 2. The van der Waals surface area contributed by atoms with E-state index < -0.39 is 0 Å². The first-order valence-electron chi connectivity index (χ1n) is 15.7. The first-order chi connectivity index (χ1) is 23.6. The fraction of sp³-hybridized carbons (Fsp3) is 0.0952. The largest absolute Gasteiger partial charge is 0.347 e. The summed E-state index contributed by atoms with van der Waals surface area (Å²) >= 11 is 0. The molecule has 6 rings (SSSR count). The van der Waals surface area contributed by atoms with Crippen molar-refractivity contribution >= 4 is 39.8 Å². The van der Waals surface area contributed by atoms with Crippen molar-refractivity contribution in [3.05, 3.63) is 163 Å². The summed E-state index contributed by atoms with van der Waals surface area (Å²) in [6.07, 6.45) is 4.12. The van der Waals surface area contributed by atoms with Crippen LogP contribution < -0.4 is 9.80 Å². The third-order valence-electron chi connectivity index (χ3n) is 8.30. The normalized spacial score (nSPS) is 12.5. The highest BCUT2D eigenvalue weighted by molar-refractivity contribution is 6.22. The minimum atomic E-state index is -0.268.